The Bertz CT molecular complexity index is 682. The molecule has 21 heavy (non-hydrogen) atoms. The highest BCUT2D eigenvalue weighted by Crippen LogP contribution is 2.27. The summed E-state index contributed by atoms with van der Waals surface area (Å²) in [4.78, 5) is 14.4. The zero-order chi connectivity index (χ0) is 15.6. The number of anilines is 1. The first-order chi connectivity index (χ1) is 9.93. The van der Waals surface area contributed by atoms with Crippen molar-refractivity contribution in [3.63, 3.8) is 0 Å². The van der Waals surface area contributed by atoms with Crippen molar-refractivity contribution in [2.75, 3.05) is 11.4 Å². The number of amides is 1. The fourth-order valence-electron chi connectivity index (χ4n) is 2.28. The van der Waals surface area contributed by atoms with Gasteiger partial charge in [-0.2, -0.15) is 0 Å². The van der Waals surface area contributed by atoms with Crippen LogP contribution in [0.25, 0.3) is 0 Å². The number of phenols is 1. The zero-order valence-electron chi connectivity index (χ0n) is 12.4. The van der Waals surface area contributed by atoms with Crippen molar-refractivity contribution in [1.82, 2.24) is 0 Å². The lowest BCUT2D eigenvalue weighted by molar-refractivity contribution is 0.0987. The van der Waals surface area contributed by atoms with Gasteiger partial charge in [0.1, 0.15) is 5.75 Å². The fraction of sp³-hybridized carbons (Fsp3) is 0.235. The molecule has 0 heterocycles. The third-order valence-corrected chi connectivity index (χ3v) is 3.71. The van der Waals surface area contributed by atoms with Crippen LogP contribution < -0.4 is 4.90 Å². The predicted molar refractivity (Wildman–Crippen MR) is 86.4 cm³/mol. The normalized spacial score (nSPS) is 10.5. The number of hydrogen-bond acceptors (Lipinski definition) is 2. The largest absolute Gasteiger partial charge is 0.508 e. The van der Waals surface area contributed by atoms with Gasteiger partial charge in [0, 0.05) is 23.2 Å². The van der Waals surface area contributed by atoms with E-state index in [-0.39, 0.29) is 11.7 Å². The number of phenolic OH excluding ortho intramolecular Hbond substituents is 1. The van der Waals surface area contributed by atoms with E-state index < -0.39 is 0 Å². The zero-order valence-corrected chi connectivity index (χ0v) is 13.1. The summed E-state index contributed by atoms with van der Waals surface area (Å²) in [5.41, 5.74) is 3.09. The van der Waals surface area contributed by atoms with Gasteiger partial charge in [0.05, 0.1) is 5.69 Å². The number of carbonyl (C=O) groups excluding carboxylic acids is 1. The molecule has 0 aromatic heterocycles. The average molecular weight is 304 g/mol. The Morgan fingerprint density at radius 3 is 2.48 bits per heavy atom. The summed E-state index contributed by atoms with van der Waals surface area (Å²) in [5, 5.41) is 10.2. The van der Waals surface area contributed by atoms with E-state index in [4.69, 9.17) is 11.6 Å². The molecule has 0 fully saturated rings. The molecule has 0 aliphatic heterocycles. The number of carbonyl (C=O) groups is 1. The van der Waals surface area contributed by atoms with Crippen LogP contribution in [-0.2, 0) is 0 Å². The molecule has 0 saturated heterocycles. The summed E-state index contributed by atoms with van der Waals surface area (Å²) in [6.07, 6.45) is 0. The van der Waals surface area contributed by atoms with Gasteiger partial charge in [0.15, 0.2) is 0 Å². The van der Waals surface area contributed by atoms with Gasteiger partial charge >= 0.3 is 0 Å². The molecule has 0 bridgehead atoms. The Morgan fingerprint density at radius 1 is 1.14 bits per heavy atom. The second-order valence-electron chi connectivity index (χ2n) is 4.98. The minimum Gasteiger partial charge on any atom is -0.508 e. The van der Waals surface area contributed by atoms with Gasteiger partial charge in [-0.15, -0.1) is 0 Å². The molecule has 0 radical (unpaired) electrons. The van der Waals surface area contributed by atoms with Gasteiger partial charge in [0.25, 0.3) is 5.91 Å². The summed E-state index contributed by atoms with van der Waals surface area (Å²) >= 11 is 6.00. The van der Waals surface area contributed by atoms with E-state index in [0.29, 0.717) is 22.8 Å². The molecule has 0 aliphatic rings. The first-order valence-electron chi connectivity index (χ1n) is 6.81. The van der Waals surface area contributed by atoms with Crippen molar-refractivity contribution in [3.05, 3.63) is 58.1 Å². The van der Waals surface area contributed by atoms with Crippen LogP contribution in [0.15, 0.2) is 36.4 Å². The first kappa shape index (κ1) is 15.4. The highest BCUT2D eigenvalue weighted by atomic mass is 35.5. The Kier molecular flexibility index (Phi) is 4.53. The van der Waals surface area contributed by atoms with Gasteiger partial charge in [-0.1, -0.05) is 23.7 Å². The molecule has 110 valence electrons. The smallest absolute Gasteiger partial charge is 0.258 e. The van der Waals surface area contributed by atoms with Crippen LogP contribution in [-0.4, -0.2) is 17.6 Å². The molecular formula is C17H18ClNO2. The minimum atomic E-state index is -0.119. The minimum absolute atomic E-state index is 0.119. The number of benzene rings is 2. The lowest BCUT2D eigenvalue weighted by atomic mass is 10.1. The molecule has 0 aliphatic carbocycles. The molecule has 2 aromatic rings. The summed E-state index contributed by atoms with van der Waals surface area (Å²) in [7, 11) is 0. The van der Waals surface area contributed by atoms with Crippen LogP contribution in [0.1, 0.15) is 28.4 Å². The standard InChI is InChI=1S/C17H18ClNO2/c1-4-19(16-10-14(20)8-6-12(16)3)17(21)15-9-13(18)7-5-11(15)2/h5-10,20H,4H2,1-3H3. The molecule has 1 amide bonds. The number of rotatable bonds is 3. The van der Waals surface area contributed by atoms with E-state index in [1.807, 2.05) is 26.8 Å². The van der Waals surface area contributed by atoms with Crippen molar-refractivity contribution in [1.29, 1.82) is 0 Å². The Balaban J connectivity index is 2.48. The van der Waals surface area contributed by atoms with Crippen molar-refractivity contribution in [3.8, 4) is 5.75 Å². The van der Waals surface area contributed by atoms with Crippen LogP contribution in [0.3, 0.4) is 0 Å². The Hall–Kier alpha value is -2.00. The lowest BCUT2D eigenvalue weighted by Crippen LogP contribution is -2.31. The second-order valence-corrected chi connectivity index (χ2v) is 5.42. The maximum Gasteiger partial charge on any atom is 0.258 e. The lowest BCUT2D eigenvalue weighted by Gasteiger charge is -2.24. The van der Waals surface area contributed by atoms with Crippen molar-refractivity contribution >= 4 is 23.2 Å². The Morgan fingerprint density at radius 2 is 1.81 bits per heavy atom. The number of aryl methyl sites for hydroxylation is 2. The number of hydrogen-bond donors (Lipinski definition) is 1. The molecule has 0 unspecified atom stereocenters. The maximum absolute atomic E-state index is 12.8. The second kappa shape index (κ2) is 6.19. The van der Waals surface area contributed by atoms with Crippen molar-refractivity contribution in [2.45, 2.75) is 20.8 Å². The molecule has 2 aromatic carbocycles. The quantitative estimate of drug-likeness (QED) is 0.917. The van der Waals surface area contributed by atoms with Crippen molar-refractivity contribution in [2.24, 2.45) is 0 Å². The number of halogens is 1. The van der Waals surface area contributed by atoms with E-state index >= 15 is 0 Å². The summed E-state index contributed by atoms with van der Waals surface area (Å²) in [5.74, 6) is 0.0240. The predicted octanol–water partition coefficient (Wildman–Crippen LogP) is 4.33. The molecule has 0 saturated carbocycles. The molecule has 0 spiro atoms. The maximum atomic E-state index is 12.8. The van der Waals surface area contributed by atoms with E-state index in [0.717, 1.165) is 11.1 Å². The van der Waals surface area contributed by atoms with Crippen LogP contribution in [0, 0.1) is 13.8 Å². The molecule has 1 N–H and O–H groups in total. The third kappa shape index (κ3) is 3.19. The fourth-order valence-corrected chi connectivity index (χ4v) is 2.45. The topological polar surface area (TPSA) is 40.5 Å². The van der Waals surface area contributed by atoms with Crippen molar-refractivity contribution < 1.29 is 9.90 Å². The molecule has 2 rings (SSSR count). The highest BCUT2D eigenvalue weighted by Gasteiger charge is 2.20. The highest BCUT2D eigenvalue weighted by molar-refractivity contribution is 6.31. The summed E-state index contributed by atoms with van der Waals surface area (Å²) in [6, 6.07) is 10.3. The van der Waals surface area contributed by atoms with Crippen LogP contribution in [0.4, 0.5) is 5.69 Å². The SMILES string of the molecule is CCN(C(=O)c1cc(Cl)ccc1C)c1cc(O)ccc1C. The number of nitrogens with zero attached hydrogens (tertiary/aromatic N) is 1. The molecule has 3 nitrogen and oxygen atoms in total. The van der Waals surface area contributed by atoms with Crippen LogP contribution >= 0.6 is 11.6 Å². The molecular weight excluding hydrogens is 286 g/mol. The molecule has 0 atom stereocenters. The van der Waals surface area contributed by atoms with Crippen LogP contribution in [0.5, 0.6) is 5.75 Å². The Labute approximate surface area is 129 Å². The third-order valence-electron chi connectivity index (χ3n) is 3.47. The number of aromatic hydroxyl groups is 1. The van der Waals surface area contributed by atoms with E-state index in [2.05, 4.69) is 0 Å². The van der Waals surface area contributed by atoms with Gasteiger partial charge in [0.2, 0.25) is 0 Å². The van der Waals surface area contributed by atoms with Gasteiger partial charge < -0.3 is 10.0 Å². The van der Waals surface area contributed by atoms with E-state index in [9.17, 15) is 9.90 Å². The van der Waals surface area contributed by atoms with Crippen LogP contribution in [0.2, 0.25) is 5.02 Å². The molecule has 4 heteroatoms. The van der Waals surface area contributed by atoms with E-state index in [1.54, 1.807) is 35.2 Å². The van der Waals surface area contributed by atoms with Gasteiger partial charge in [-0.05, 0) is 50.1 Å². The average Bonchev–Trinajstić information content (AvgIpc) is 2.46. The van der Waals surface area contributed by atoms with Gasteiger partial charge in [-0.25, -0.2) is 0 Å². The first-order valence-corrected chi connectivity index (χ1v) is 7.19. The van der Waals surface area contributed by atoms with E-state index in [1.165, 1.54) is 0 Å². The monoisotopic (exact) mass is 303 g/mol. The summed E-state index contributed by atoms with van der Waals surface area (Å²) in [6.45, 7) is 6.21. The summed E-state index contributed by atoms with van der Waals surface area (Å²) < 4.78 is 0. The van der Waals surface area contributed by atoms with Gasteiger partial charge in [-0.3, -0.25) is 4.79 Å².